The number of hydrogen-bond acceptors (Lipinski definition) is 0. The van der Waals surface area contributed by atoms with Crippen molar-refractivity contribution in [1.82, 2.24) is 0 Å². The van der Waals surface area contributed by atoms with Crippen LogP contribution in [0.4, 0.5) is 0 Å². The first-order chi connectivity index (χ1) is 6.81. The first kappa shape index (κ1) is 9.26. The third-order valence-electron chi connectivity index (χ3n) is 2.88. The van der Waals surface area contributed by atoms with E-state index in [1.807, 2.05) is 0 Å². The van der Waals surface area contributed by atoms with Gasteiger partial charge in [0, 0.05) is 0 Å². The van der Waals surface area contributed by atoms with E-state index in [1.54, 1.807) is 0 Å². The van der Waals surface area contributed by atoms with Crippen molar-refractivity contribution in [3.8, 4) is 0 Å². The van der Waals surface area contributed by atoms with Gasteiger partial charge in [0.2, 0.25) is 0 Å². The average molecular weight is 184 g/mol. The molecule has 72 valence electrons. The zero-order chi connectivity index (χ0) is 9.97. The predicted octanol–water partition coefficient (Wildman–Crippen LogP) is 3.98. The van der Waals surface area contributed by atoms with E-state index < -0.39 is 0 Å². The van der Waals surface area contributed by atoms with Crippen LogP contribution in [0.1, 0.15) is 31.4 Å². The fraction of sp³-hybridized carbons (Fsp3) is 0.286. The molecule has 0 amide bonds. The van der Waals surface area contributed by atoms with Crippen LogP contribution in [0.3, 0.4) is 0 Å². The largest absolute Gasteiger partial charge is 0.0847 e. The second kappa shape index (κ2) is 3.83. The van der Waals surface area contributed by atoms with Crippen LogP contribution in [-0.4, -0.2) is 0 Å². The number of benzene rings is 1. The Labute approximate surface area is 86.0 Å². The van der Waals surface area contributed by atoms with E-state index >= 15 is 0 Å². The highest BCUT2D eigenvalue weighted by molar-refractivity contribution is 5.74. The molecule has 0 nitrogen and oxygen atoms in total. The monoisotopic (exact) mass is 184 g/mol. The van der Waals surface area contributed by atoms with Gasteiger partial charge in [0.25, 0.3) is 0 Å². The number of hydrogen-bond donors (Lipinski definition) is 0. The zero-order valence-electron chi connectivity index (χ0n) is 8.88. The summed E-state index contributed by atoms with van der Waals surface area (Å²) in [5.74, 6) is 0. The fourth-order valence-corrected chi connectivity index (χ4v) is 1.96. The molecule has 1 aliphatic rings. The molecule has 0 fully saturated rings. The van der Waals surface area contributed by atoms with Crippen molar-refractivity contribution >= 4 is 5.57 Å². The molecule has 0 N–H and O–H groups in total. The summed E-state index contributed by atoms with van der Waals surface area (Å²) in [7, 11) is 0. The topological polar surface area (TPSA) is 0 Å². The van der Waals surface area contributed by atoms with E-state index in [9.17, 15) is 0 Å². The Balaban J connectivity index is 2.39. The van der Waals surface area contributed by atoms with Crippen LogP contribution >= 0.6 is 0 Å². The van der Waals surface area contributed by atoms with E-state index in [-0.39, 0.29) is 0 Å². The van der Waals surface area contributed by atoms with Crippen molar-refractivity contribution in [2.75, 3.05) is 0 Å². The summed E-state index contributed by atoms with van der Waals surface area (Å²) in [4.78, 5) is 0. The van der Waals surface area contributed by atoms with Gasteiger partial charge in [0.1, 0.15) is 0 Å². The number of allylic oxidation sites excluding steroid dienone is 4. The Morgan fingerprint density at radius 1 is 1.21 bits per heavy atom. The van der Waals surface area contributed by atoms with Crippen molar-refractivity contribution in [2.45, 2.75) is 26.7 Å². The van der Waals surface area contributed by atoms with Crippen LogP contribution in [-0.2, 0) is 6.42 Å². The number of fused-ring (bicyclic) bond motifs is 1. The average Bonchev–Trinajstić information content (AvgIpc) is 2.62. The summed E-state index contributed by atoms with van der Waals surface area (Å²) < 4.78 is 0. The molecule has 1 aromatic carbocycles. The molecule has 14 heavy (non-hydrogen) atoms. The fourth-order valence-electron chi connectivity index (χ4n) is 1.96. The van der Waals surface area contributed by atoms with Crippen molar-refractivity contribution in [2.24, 2.45) is 0 Å². The molecule has 0 bridgehead atoms. The van der Waals surface area contributed by atoms with Crippen LogP contribution < -0.4 is 0 Å². The second-order valence-electron chi connectivity index (χ2n) is 3.86. The van der Waals surface area contributed by atoms with E-state index in [4.69, 9.17) is 0 Å². The van der Waals surface area contributed by atoms with E-state index in [0.717, 1.165) is 0 Å². The lowest BCUT2D eigenvalue weighted by atomic mass is 10.1. The third-order valence-corrected chi connectivity index (χ3v) is 2.88. The molecule has 1 aromatic rings. The lowest BCUT2D eigenvalue weighted by Crippen LogP contribution is -1.79. The predicted molar refractivity (Wildman–Crippen MR) is 62.2 cm³/mol. The summed E-state index contributed by atoms with van der Waals surface area (Å²) in [5, 5.41) is 0. The van der Waals surface area contributed by atoms with E-state index in [2.05, 4.69) is 50.3 Å². The summed E-state index contributed by atoms with van der Waals surface area (Å²) in [6.45, 7) is 4.25. The Bertz CT molecular complexity index is 394. The lowest BCUT2D eigenvalue weighted by molar-refractivity contribution is 1.08. The molecule has 0 saturated heterocycles. The summed E-state index contributed by atoms with van der Waals surface area (Å²) in [5.41, 5.74) is 5.81. The lowest BCUT2D eigenvalue weighted by Gasteiger charge is -2.00. The van der Waals surface area contributed by atoms with E-state index in [1.165, 1.54) is 35.1 Å². The maximum Gasteiger partial charge on any atom is -0.0192 e. The molecule has 0 atom stereocenters. The van der Waals surface area contributed by atoms with Crippen molar-refractivity contribution in [3.05, 3.63) is 53.1 Å². The SMILES string of the molecule is C/C=C(C)\C=C1/CCc2ccccc21. The van der Waals surface area contributed by atoms with E-state index in [0.29, 0.717) is 0 Å². The highest BCUT2D eigenvalue weighted by atomic mass is 14.2. The standard InChI is InChI=1S/C14H16/c1-3-11(2)10-13-9-8-12-6-4-5-7-14(12)13/h3-7,10H,8-9H2,1-2H3/b11-3-,13-10+. The van der Waals surface area contributed by atoms with Gasteiger partial charge in [-0.3, -0.25) is 0 Å². The van der Waals surface area contributed by atoms with Crippen molar-refractivity contribution < 1.29 is 0 Å². The normalized spacial score (nSPS) is 18.7. The van der Waals surface area contributed by atoms with Gasteiger partial charge in [-0.05, 0) is 43.4 Å². The second-order valence-corrected chi connectivity index (χ2v) is 3.86. The van der Waals surface area contributed by atoms with Gasteiger partial charge in [-0.2, -0.15) is 0 Å². The minimum atomic E-state index is 1.20. The highest BCUT2D eigenvalue weighted by Gasteiger charge is 2.14. The summed E-state index contributed by atoms with van der Waals surface area (Å²) >= 11 is 0. The first-order valence-corrected chi connectivity index (χ1v) is 5.23. The highest BCUT2D eigenvalue weighted by Crippen LogP contribution is 2.32. The molecule has 0 radical (unpaired) electrons. The van der Waals surface area contributed by atoms with Crippen LogP contribution in [0.5, 0.6) is 0 Å². The van der Waals surface area contributed by atoms with Crippen molar-refractivity contribution in [3.63, 3.8) is 0 Å². The Morgan fingerprint density at radius 2 is 2.00 bits per heavy atom. The first-order valence-electron chi connectivity index (χ1n) is 5.23. The van der Waals surface area contributed by atoms with Gasteiger partial charge in [-0.25, -0.2) is 0 Å². The zero-order valence-corrected chi connectivity index (χ0v) is 8.88. The Hall–Kier alpha value is -1.30. The minimum Gasteiger partial charge on any atom is -0.0847 e. The quantitative estimate of drug-likeness (QED) is 0.619. The number of rotatable bonds is 1. The summed E-state index contributed by atoms with van der Waals surface area (Å²) in [6, 6.07) is 8.73. The molecule has 0 unspecified atom stereocenters. The molecule has 0 heterocycles. The van der Waals surface area contributed by atoms with Gasteiger partial charge in [-0.1, -0.05) is 42.0 Å². The van der Waals surface area contributed by atoms with Gasteiger partial charge in [-0.15, -0.1) is 0 Å². The van der Waals surface area contributed by atoms with Crippen LogP contribution in [0, 0.1) is 0 Å². The number of aryl methyl sites for hydroxylation is 1. The van der Waals surface area contributed by atoms with Gasteiger partial charge >= 0.3 is 0 Å². The molecule has 1 aliphatic carbocycles. The molecular formula is C14H16. The smallest absolute Gasteiger partial charge is 0.0192 e. The Morgan fingerprint density at radius 3 is 2.79 bits per heavy atom. The molecule has 0 heteroatoms. The van der Waals surface area contributed by atoms with Crippen LogP contribution in [0.25, 0.3) is 5.57 Å². The van der Waals surface area contributed by atoms with Gasteiger partial charge < -0.3 is 0 Å². The van der Waals surface area contributed by atoms with Gasteiger partial charge in [0.15, 0.2) is 0 Å². The van der Waals surface area contributed by atoms with Crippen LogP contribution in [0.2, 0.25) is 0 Å². The molecule has 0 aliphatic heterocycles. The minimum absolute atomic E-state index is 1.20. The molecule has 2 rings (SSSR count). The molecular weight excluding hydrogens is 168 g/mol. The van der Waals surface area contributed by atoms with Crippen molar-refractivity contribution in [1.29, 1.82) is 0 Å². The third kappa shape index (κ3) is 1.65. The molecule has 0 spiro atoms. The summed E-state index contributed by atoms with van der Waals surface area (Å²) in [6.07, 6.45) is 6.88. The maximum absolute atomic E-state index is 2.31. The maximum atomic E-state index is 2.31. The Kier molecular flexibility index (Phi) is 2.53. The molecule has 0 aromatic heterocycles. The van der Waals surface area contributed by atoms with Gasteiger partial charge in [0.05, 0.1) is 0 Å². The van der Waals surface area contributed by atoms with Crippen LogP contribution in [0.15, 0.2) is 42.0 Å². The molecule has 0 saturated carbocycles.